The third-order valence-electron chi connectivity index (χ3n) is 2.03. The average molecular weight is 232 g/mol. The highest BCUT2D eigenvalue weighted by Gasteiger charge is 2.15. The second-order valence-corrected chi connectivity index (χ2v) is 3.32. The van der Waals surface area contributed by atoms with Gasteiger partial charge in [0.25, 0.3) is 0 Å². The standard InChI is InChI=1S/C10H14ClNO3/c1-13-7-5-9(15-3)8(14-2)4-6(7)10(11)12/h4-5,10H,12H2,1-3H3. The lowest BCUT2D eigenvalue weighted by molar-refractivity contribution is 0.347. The zero-order chi connectivity index (χ0) is 11.4. The van der Waals surface area contributed by atoms with Crippen LogP contribution < -0.4 is 19.9 Å². The van der Waals surface area contributed by atoms with Crippen LogP contribution in [0, 0.1) is 0 Å². The molecule has 0 aliphatic rings. The molecule has 0 spiro atoms. The van der Waals surface area contributed by atoms with Gasteiger partial charge in [-0.3, -0.25) is 0 Å². The molecule has 1 unspecified atom stereocenters. The van der Waals surface area contributed by atoms with Gasteiger partial charge in [0.05, 0.1) is 21.3 Å². The molecule has 0 aliphatic carbocycles. The molecule has 1 aromatic carbocycles. The molecule has 15 heavy (non-hydrogen) atoms. The maximum Gasteiger partial charge on any atom is 0.164 e. The molecule has 0 radical (unpaired) electrons. The first-order valence-electron chi connectivity index (χ1n) is 4.33. The van der Waals surface area contributed by atoms with Crippen molar-refractivity contribution in [2.45, 2.75) is 5.50 Å². The van der Waals surface area contributed by atoms with Crippen molar-refractivity contribution in [3.63, 3.8) is 0 Å². The molecule has 2 N–H and O–H groups in total. The van der Waals surface area contributed by atoms with Crippen molar-refractivity contribution in [1.82, 2.24) is 0 Å². The van der Waals surface area contributed by atoms with E-state index in [-0.39, 0.29) is 0 Å². The molecule has 0 amide bonds. The summed E-state index contributed by atoms with van der Waals surface area (Å²) in [5, 5.41) is 0. The van der Waals surface area contributed by atoms with E-state index < -0.39 is 5.50 Å². The van der Waals surface area contributed by atoms with Gasteiger partial charge in [0, 0.05) is 11.6 Å². The smallest absolute Gasteiger partial charge is 0.164 e. The summed E-state index contributed by atoms with van der Waals surface area (Å²) in [5.74, 6) is 1.73. The Labute approximate surface area is 93.9 Å². The quantitative estimate of drug-likeness (QED) is 0.635. The molecule has 0 bridgehead atoms. The van der Waals surface area contributed by atoms with E-state index in [2.05, 4.69) is 0 Å². The number of methoxy groups -OCH3 is 3. The zero-order valence-corrected chi connectivity index (χ0v) is 9.67. The minimum atomic E-state index is -0.639. The molecule has 1 atom stereocenters. The van der Waals surface area contributed by atoms with Crippen molar-refractivity contribution in [2.24, 2.45) is 5.73 Å². The summed E-state index contributed by atoms with van der Waals surface area (Å²) in [6.45, 7) is 0. The molecule has 84 valence electrons. The van der Waals surface area contributed by atoms with E-state index in [1.165, 1.54) is 0 Å². The molecule has 1 aromatic rings. The minimum Gasteiger partial charge on any atom is -0.496 e. The summed E-state index contributed by atoms with van der Waals surface area (Å²) in [7, 11) is 4.65. The minimum absolute atomic E-state index is 0.574. The normalized spacial score (nSPS) is 12.1. The predicted octanol–water partition coefficient (Wildman–Crippen LogP) is 1.91. The van der Waals surface area contributed by atoms with E-state index in [1.54, 1.807) is 33.5 Å². The van der Waals surface area contributed by atoms with E-state index in [0.717, 1.165) is 0 Å². The molecule has 0 saturated heterocycles. The number of ether oxygens (including phenoxy) is 3. The number of benzene rings is 1. The molecule has 5 heteroatoms. The predicted molar refractivity (Wildman–Crippen MR) is 58.9 cm³/mol. The number of hydrogen-bond acceptors (Lipinski definition) is 4. The van der Waals surface area contributed by atoms with Crippen LogP contribution in [-0.4, -0.2) is 21.3 Å². The highest BCUT2D eigenvalue weighted by molar-refractivity contribution is 6.20. The van der Waals surface area contributed by atoms with Gasteiger partial charge in [-0.1, -0.05) is 0 Å². The number of rotatable bonds is 4. The van der Waals surface area contributed by atoms with Gasteiger partial charge in [0.1, 0.15) is 11.3 Å². The van der Waals surface area contributed by atoms with E-state index in [0.29, 0.717) is 22.8 Å². The fourth-order valence-electron chi connectivity index (χ4n) is 1.27. The summed E-state index contributed by atoms with van der Waals surface area (Å²) in [6.07, 6.45) is 0. The SMILES string of the molecule is COc1cc(OC)c(C(N)Cl)cc1OC. The Bertz CT molecular complexity index is 342. The lowest BCUT2D eigenvalue weighted by Crippen LogP contribution is -2.05. The van der Waals surface area contributed by atoms with Gasteiger partial charge in [-0.25, -0.2) is 0 Å². The highest BCUT2D eigenvalue weighted by Crippen LogP contribution is 2.37. The summed E-state index contributed by atoms with van der Waals surface area (Å²) in [4.78, 5) is 0. The average Bonchev–Trinajstić information content (AvgIpc) is 2.26. The number of nitrogens with two attached hydrogens (primary N) is 1. The van der Waals surface area contributed by atoms with Crippen LogP contribution in [0.3, 0.4) is 0 Å². The van der Waals surface area contributed by atoms with Gasteiger partial charge < -0.3 is 19.9 Å². The Morgan fingerprint density at radius 3 is 1.87 bits per heavy atom. The summed E-state index contributed by atoms with van der Waals surface area (Å²) < 4.78 is 15.4. The van der Waals surface area contributed by atoms with Crippen molar-refractivity contribution in [2.75, 3.05) is 21.3 Å². The Balaban J connectivity index is 3.27. The van der Waals surface area contributed by atoms with E-state index >= 15 is 0 Å². The van der Waals surface area contributed by atoms with Crippen LogP contribution in [-0.2, 0) is 0 Å². The second kappa shape index (κ2) is 5.09. The van der Waals surface area contributed by atoms with Crippen molar-refractivity contribution in [1.29, 1.82) is 0 Å². The second-order valence-electron chi connectivity index (χ2n) is 2.85. The fraction of sp³-hybridized carbons (Fsp3) is 0.400. The Kier molecular flexibility index (Phi) is 4.05. The van der Waals surface area contributed by atoms with Crippen LogP contribution >= 0.6 is 11.6 Å². The van der Waals surface area contributed by atoms with Gasteiger partial charge in [-0.05, 0) is 6.07 Å². The monoisotopic (exact) mass is 231 g/mol. The van der Waals surface area contributed by atoms with Crippen molar-refractivity contribution < 1.29 is 14.2 Å². The van der Waals surface area contributed by atoms with Crippen LogP contribution in [0.4, 0.5) is 0 Å². The fourth-order valence-corrected chi connectivity index (χ4v) is 1.44. The molecule has 0 aliphatic heterocycles. The molecule has 4 nitrogen and oxygen atoms in total. The van der Waals surface area contributed by atoms with Gasteiger partial charge in [0.15, 0.2) is 11.5 Å². The number of hydrogen-bond donors (Lipinski definition) is 1. The third kappa shape index (κ3) is 2.46. The molecule has 0 fully saturated rings. The maximum absolute atomic E-state index is 5.81. The first kappa shape index (κ1) is 11.9. The van der Waals surface area contributed by atoms with Gasteiger partial charge >= 0.3 is 0 Å². The number of alkyl halides is 1. The zero-order valence-electron chi connectivity index (χ0n) is 8.91. The third-order valence-corrected chi connectivity index (χ3v) is 2.27. The Hall–Kier alpha value is -1.13. The lowest BCUT2D eigenvalue weighted by atomic mass is 10.1. The highest BCUT2D eigenvalue weighted by atomic mass is 35.5. The van der Waals surface area contributed by atoms with Crippen molar-refractivity contribution >= 4 is 11.6 Å². The number of halogens is 1. The van der Waals surface area contributed by atoms with Crippen LogP contribution in [0.1, 0.15) is 11.1 Å². The summed E-state index contributed by atoms with van der Waals surface area (Å²) in [5.41, 5.74) is 5.62. The van der Waals surface area contributed by atoms with Gasteiger partial charge in [0.2, 0.25) is 0 Å². The van der Waals surface area contributed by atoms with E-state index in [1.807, 2.05) is 0 Å². The van der Waals surface area contributed by atoms with Crippen molar-refractivity contribution in [3.8, 4) is 17.2 Å². The van der Waals surface area contributed by atoms with Gasteiger partial charge in [-0.2, -0.15) is 0 Å². The van der Waals surface area contributed by atoms with Crippen LogP contribution in [0.5, 0.6) is 17.2 Å². The van der Waals surface area contributed by atoms with E-state index in [9.17, 15) is 0 Å². The van der Waals surface area contributed by atoms with Crippen LogP contribution in [0.15, 0.2) is 12.1 Å². The molecule has 0 aromatic heterocycles. The first-order valence-corrected chi connectivity index (χ1v) is 4.77. The molecular formula is C10H14ClNO3. The van der Waals surface area contributed by atoms with E-state index in [4.69, 9.17) is 31.5 Å². The van der Waals surface area contributed by atoms with Crippen molar-refractivity contribution in [3.05, 3.63) is 17.7 Å². The lowest BCUT2D eigenvalue weighted by Gasteiger charge is -2.14. The molecule has 0 heterocycles. The van der Waals surface area contributed by atoms with Gasteiger partial charge in [-0.15, -0.1) is 11.6 Å². The molecule has 0 saturated carbocycles. The summed E-state index contributed by atoms with van der Waals surface area (Å²) >= 11 is 5.81. The Morgan fingerprint density at radius 2 is 1.47 bits per heavy atom. The Morgan fingerprint density at radius 1 is 1.00 bits per heavy atom. The van der Waals surface area contributed by atoms with Crippen LogP contribution in [0.25, 0.3) is 0 Å². The summed E-state index contributed by atoms with van der Waals surface area (Å²) in [6, 6.07) is 3.39. The molecular weight excluding hydrogens is 218 g/mol. The maximum atomic E-state index is 5.81. The molecule has 1 rings (SSSR count). The largest absolute Gasteiger partial charge is 0.496 e. The first-order chi connectivity index (χ1) is 7.13. The van der Waals surface area contributed by atoms with Crippen LogP contribution in [0.2, 0.25) is 0 Å². The topological polar surface area (TPSA) is 53.7 Å².